The van der Waals surface area contributed by atoms with Crippen LogP contribution in [0, 0.1) is 12.7 Å². The summed E-state index contributed by atoms with van der Waals surface area (Å²) in [5, 5.41) is 6.48. The maximum Gasteiger partial charge on any atom is 0.325 e. The summed E-state index contributed by atoms with van der Waals surface area (Å²) in [6, 6.07) is 13.1. The molecule has 1 heterocycles. The maximum absolute atomic E-state index is 13.1. The molecule has 7 heteroatoms. The highest BCUT2D eigenvalue weighted by Gasteiger charge is 2.17. The number of amides is 1. The molecule has 0 bridgehead atoms. The molecule has 0 radical (unpaired) electrons. The lowest BCUT2D eigenvalue weighted by atomic mass is 9.87. The Morgan fingerprint density at radius 1 is 1.06 bits per heavy atom. The third kappa shape index (κ3) is 5.57. The van der Waals surface area contributed by atoms with Gasteiger partial charge in [-0.25, -0.2) is 4.39 Å². The Morgan fingerprint density at radius 3 is 2.32 bits per heavy atom. The van der Waals surface area contributed by atoms with Crippen LogP contribution >= 0.6 is 0 Å². The Bertz CT molecular complexity index is 1060. The fourth-order valence-corrected chi connectivity index (χ4v) is 2.95. The van der Waals surface area contributed by atoms with Crippen molar-refractivity contribution < 1.29 is 23.2 Å². The summed E-state index contributed by atoms with van der Waals surface area (Å²) in [5.74, 6) is -0.806. The molecule has 0 saturated heterocycles. The van der Waals surface area contributed by atoms with Crippen LogP contribution in [0.4, 0.5) is 4.39 Å². The van der Waals surface area contributed by atoms with E-state index in [1.54, 1.807) is 31.2 Å². The number of benzene rings is 2. The van der Waals surface area contributed by atoms with Crippen molar-refractivity contribution in [1.29, 1.82) is 0 Å². The Balaban J connectivity index is 1.51. The number of ether oxygens (including phenoxy) is 1. The van der Waals surface area contributed by atoms with Crippen molar-refractivity contribution >= 4 is 11.9 Å². The van der Waals surface area contributed by atoms with Crippen LogP contribution < -0.4 is 5.32 Å². The van der Waals surface area contributed by atoms with Crippen molar-refractivity contribution in [1.82, 2.24) is 10.5 Å². The predicted molar refractivity (Wildman–Crippen MR) is 114 cm³/mol. The zero-order chi connectivity index (χ0) is 22.6. The van der Waals surface area contributed by atoms with Crippen molar-refractivity contribution in [2.75, 3.05) is 6.54 Å². The van der Waals surface area contributed by atoms with Crippen LogP contribution in [-0.2, 0) is 21.6 Å². The van der Waals surface area contributed by atoms with E-state index >= 15 is 0 Å². The standard InChI is InChI=1S/C24H25FN2O4/c1-15-20(27-31-22(15)16-7-11-19(25)12-8-16)14-30-21(28)13-26-23(29)17-5-9-18(10-6-17)24(2,3)4/h5-12H,13-14H2,1-4H3,(H,26,29). The van der Waals surface area contributed by atoms with Gasteiger partial charge in [0.1, 0.15) is 24.7 Å². The largest absolute Gasteiger partial charge is 0.458 e. The molecule has 2 aromatic carbocycles. The van der Waals surface area contributed by atoms with E-state index in [0.29, 0.717) is 28.1 Å². The van der Waals surface area contributed by atoms with Crippen molar-refractivity contribution in [3.8, 4) is 11.3 Å². The minimum atomic E-state index is -0.592. The molecule has 0 fully saturated rings. The first-order valence-electron chi connectivity index (χ1n) is 9.90. The van der Waals surface area contributed by atoms with Gasteiger partial charge in [0.05, 0.1) is 0 Å². The van der Waals surface area contributed by atoms with Gasteiger partial charge in [0.2, 0.25) is 0 Å². The van der Waals surface area contributed by atoms with E-state index < -0.39 is 5.97 Å². The first-order valence-corrected chi connectivity index (χ1v) is 9.90. The Kier molecular flexibility index (Phi) is 6.53. The lowest BCUT2D eigenvalue weighted by Crippen LogP contribution is -2.30. The number of esters is 1. The minimum absolute atomic E-state index is 0.00533. The van der Waals surface area contributed by atoms with Crippen LogP contribution in [0.3, 0.4) is 0 Å². The van der Waals surface area contributed by atoms with Crippen molar-refractivity contribution in [2.45, 2.75) is 39.7 Å². The molecule has 0 aliphatic carbocycles. The number of hydrogen-bond donors (Lipinski definition) is 1. The molecule has 3 rings (SSSR count). The van der Waals surface area contributed by atoms with E-state index in [1.807, 2.05) is 12.1 Å². The van der Waals surface area contributed by atoms with E-state index in [0.717, 1.165) is 5.56 Å². The molecule has 1 aromatic heterocycles. The number of halogens is 1. The summed E-state index contributed by atoms with van der Waals surface area (Å²) in [5.41, 5.74) is 3.41. The molecule has 0 saturated carbocycles. The van der Waals surface area contributed by atoms with Gasteiger partial charge in [-0.1, -0.05) is 38.1 Å². The van der Waals surface area contributed by atoms with Gasteiger partial charge in [0.15, 0.2) is 5.76 Å². The van der Waals surface area contributed by atoms with Crippen molar-refractivity contribution in [3.05, 3.63) is 76.7 Å². The summed E-state index contributed by atoms with van der Waals surface area (Å²) in [6.07, 6.45) is 0. The van der Waals surface area contributed by atoms with E-state index in [2.05, 4.69) is 31.2 Å². The zero-order valence-electron chi connectivity index (χ0n) is 18.0. The summed E-state index contributed by atoms with van der Waals surface area (Å²) >= 11 is 0. The molecular weight excluding hydrogens is 399 g/mol. The fourth-order valence-electron chi connectivity index (χ4n) is 2.95. The van der Waals surface area contributed by atoms with Crippen LogP contribution in [0.2, 0.25) is 0 Å². The van der Waals surface area contributed by atoms with Crippen molar-refractivity contribution in [2.24, 2.45) is 0 Å². The monoisotopic (exact) mass is 424 g/mol. The van der Waals surface area contributed by atoms with Crippen molar-refractivity contribution in [3.63, 3.8) is 0 Å². The van der Waals surface area contributed by atoms with Crippen LogP contribution in [0.1, 0.15) is 48.0 Å². The number of aromatic nitrogens is 1. The smallest absolute Gasteiger partial charge is 0.325 e. The third-order valence-corrected chi connectivity index (χ3v) is 4.90. The van der Waals surface area contributed by atoms with E-state index in [-0.39, 0.29) is 30.3 Å². The number of carbonyl (C=O) groups is 2. The summed E-state index contributed by atoms with van der Waals surface area (Å²) in [7, 11) is 0. The molecule has 1 amide bonds. The van der Waals surface area contributed by atoms with Gasteiger partial charge in [0, 0.05) is 16.7 Å². The Hall–Kier alpha value is -3.48. The number of nitrogens with one attached hydrogen (secondary N) is 1. The summed E-state index contributed by atoms with van der Waals surface area (Å²) < 4.78 is 23.6. The topological polar surface area (TPSA) is 81.4 Å². The van der Waals surface area contributed by atoms with Crippen LogP contribution in [0.15, 0.2) is 53.1 Å². The third-order valence-electron chi connectivity index (χ3n) is 4.90. The van der Waals surface area contributed by atoms with E-state index in [1.165, 1.54) is 12.1 Å². The molecule has 0 unspecified atom stereocenters. The lowest BCUT2D eigenvalue weighted by molar-refractivity contribution is -0.143. The molecule has 0 aliphatic heterocycles. The quantitative estimate of drug-likeness (QED) is 0.587. The highest BCUT2D eigenvalue weighted by Crippen LogP contribution is 2.26. The van der Waals surface area contributed by atoms with Gasteiger partial charge < -0.3 is 14.6 Å². The molecule has 0 spiro atoms. The number of nitrogens with zero attached hydrogens (tertiary/aromatic N) is 1. The van der Waals surface area contributed by atoms with Gasteiger partial charge in [-0.05, 0) is 54.3 Å². The highest BCUT2D eigenvalue weighted by atomic mass is 19.1. The van der Waals surface area contributed by atoms with Crippen LogP contribution in [-0.4, -0.2) is 23.6 Å². The average Bonchev–Trinajstić information content (AvgIpc) is 3.11. The number of hydrogen-bond acceptors (Lipinski definition) is 5. The van der Waals surface area contributed by atoms with Gasteiger partial charge in [-0.3, -0.25) is 9.59 Å². The number of carbonyl (C=O) groups excluding carboxylic acids is 2. The van der Waals surface area contributed by atoms with Gasteiger partial charge in [-0.2, -0.15) is 0 Å². The van der Waals surface area contributed by atoms with Crippen LogP contribution in [0.5, 0.6) is 0 Å². The lowest BCUT2D eigenvalue weighted by Gasteiger charge is -2.19. The highest BCUT2D eigenvalue weighted by molar-refractivity contribution is 5.95. The fraction of sp³-hybridized carbons (Fsp3) is 0.292. The molecule has 3 aromatic rings. The average molecular weight is 424 g/mol. The first kappa shape index (κ1) is 22.2. The second-order valence-corrected chi connectivity index (χ2v) is 8.26. The van der Waals surface area contributed by atoms with E-state index in [4.69, 9.17) is 9.26 Å². The van der Waals surface area contributed by atoms with Gasteiger partial charge in [0.25, 0.3) is 5.91 Å². The molecule has 162 valence electrons. The second-order valence-electron chi connectivity index (χ2n) is 8.26. The molecule has 6 nitrogen and oxygen atoms in total. The normalized spacial score (nSPS) is 11.3. The SMILES string of the molecule is Cc1c(COC(=O)CNC(=O)c2ccc(C(C)(C)C)cc2)noc1-c1ccc(F)cc1. The first-order chi connectivity index (χ1) is 14.6. The predicted octanol–water partition coefficient (Wildman–Crippen LogP) is 4.56. The van der Waals surface area contributed by atoms with Gasteiger partial charge >= 0.3 is 5.97 Å². The Morgan fingerprint density at radius 2 is 1.71 bits per heavy atom. The zero-order valence-corrected chi connectivity index (χ0v) is 18.0. The molecule has 0 atom stereocenters. The Labute approximate surface area is 180 Å². The molecular formula is C24H25FN2O4. The number of rotatable bonds is 6. The second kappa shape index (κ2) is 9.12. The van der Waals surface area contributed by atoms with Gasteiger partial charge in [-0.15, -0.1) is 0 Å². The molecule has 0 aliphatic rings. The van der Waals surface area contributed by atoms with E-state index in [9.17, 15) is 14.0 Å². The minimum Gasteiger partial charge on any atom is -0.458 e. The molecule has 1 N–H and O–H groups in total. The summed E-state index contributed by atoms with van der Waals surface area (Å²) in [6.45, 7) is 7.71. The van der Waals surface area contributed by atoms with Crippen LogP contribution in [0.25, 0.3) is 11.3 Å². The summed E-state index contributed by atoms with van der Waals surface area (Å²) in [4.78, 5) is 24.3. The molecule has 31 heavy (non-hydrogen) atoms. The maximum atomic E-state index is 13.1.